The van der Waals surface area contributed by atoms with Gasteiger partial charge in [0.25, 0.3) is 0 Å². The summed E-state index contributed by atoms with van der Waals surface area (Å²) in [6, 6.07) is 21.1. The number of aromatic nitrogens is 1. The molecule has 0 saturated carbocycles. The molecule has 0 unspecified atom stereocenters. The lowest BCUT2D eigenvalue weighted by Gasteiger charge is -2.08. The summed E-state index contributed by atoms with van der Waals surface area (Å²) in [7, 11) is 0. The Bertz CT molecular complexity index is 909. The van der Waals surface area contributed by atoms with Gasteiger partial charge < -0.3 is 9.84 Å². The molecule has 0 atom stereocenters. The molecule has 0 aliphatic rings. The zero-order valence-electron chi connectivity index (χ0n) is 13.8. The van der Waals surface area contributed by atoms with Crippen molar-refractivity contribution in [3.05, 3.63) is 84.1 Å². The molecule has 26 heavy (non-hydrogen) atoms. The lowest BCUT2D eigenvalue weighted by molar-refractivity contribution is 0.0690. The van der Waals surface area contributed by atoms with Gasteiger partial charge in [0.1, 0.15) is 12.3 Å². The Morgan fingerprint density at radius 3 is 2.35 bits per heavy atom. The number of hydrogen-bond acceptors (Lipinski definition) is 4. The predicted octanol–water partition coefficient (Wildman–Crippen LogP) is 4.20. The van der Waals surface area contributed by atoms with Crippen molar-refractivity contribution in [2.75, 3.05) is 5.32 Å². The van der Waals surface area contributed by atoms with E-state index in [4.69, 9.17) is 9.84 Å². The minimum absolute atomic E-state index is 0.0193. The number of carbonyl (C=O) groups is 2. The lowest BCUT2D eigenvalue weighted by atomic mass is 10.1. The highest BCUT2D eigenvalue weighted by molar-refractivity contribution is 5.86. The molecule has 0 fully saturated rings. The zero-order chi connectivity index (χ0) is 18.4. The Hall–Kier alpha value is -3.67. The van der Waals surface area contributed by atoms with E-state index in [9.17, 15) is 9.59 Å². The molecule has 6 nitrogen and oxygen atoms in total. The van der Waals surface area contributed by atoms with Gasteiger partial charge in [-0.1, -0.05) is 48.5 Å². The van der Waals surface area contributed by atoms with Crippen molar-refractivity contribution in [2.24, 2.45) is 0 Å². The van der Waals surface area contributed by atoms with E-state index < -0.39 is 12.1 Å². The van der Waals surface area contributed by atoms with Crippen LogP contribution < -0.4 is 5.32 Å². The summed E-state index contributed by atoms with van der Waals surface area (Å²) >= 11 is 0. The third-order valence-electron chi connectivity index (χ3n) is 3.61. The molecule has 1 aromatic heterocycles. The molecule has 2 N–H and O–H groups in total. The van der Waals surface area contributed by atoms with Crippen molar-refractivity contribution in [3.63, 3.8) is 0 Å². The first-order valence-corrected chi connectivity index (χ1v) is 7.90. The standard InChI is InChI=1S/C20H16N2O4/c23-19(24)18-8-4-7-17(22-18)15-9-11-16(12-10-15)21-20(25)26-13-14-5-2-1-3-6-14/h1-12H,13H2,(H,21,25)(H,23,24). The van der Waals surface area contributed by atoms with Crippen molar-refractivity contribution < 1.29 is 19.4 Å². The molecule has 6 heteroatoms. The molecular formula is C20H16N2O4. The summed E-state index contributed by atoms with van der Waals surface area (Å²) in [4.78, 5) is 26.9. The second-order valence-corrected chi connectivity index (χ2v) is 5.48. The molecule has 2 aromatic carbocycles. The highest BCUT2D eigenvalue weighted by Gasteiger charge is 2.08. The number of anilines is 1. The molecule has 0 bridgehead atoms. The molecule has 3 rings (SSSR count). The Morgan fingerprint density at radius 2 is 1.65 bits per heavy atom. The van der Waals surface area contributed by atoms with E-state index in [1.54, 1.807) is 36.4 Å². The summed E-state index contributed by atoms with van der Waals surface area (Å²) in [5, 5.41) is 11.7. The Balaban J connectivity index is 1.61. The predicted molar refractivity (Wildman–Crippen MR) is 96.9 cm³/mol. The van der Waals surface area contributed by atoms with Gasteiger partial charge in [-0.2, -0.15) is 0 Å². The van der Waals surface area contributed by atoms with Gasteiger partial charge in [0, 0.05) is 11.3 Å². The van der Waals surface area contributed by atoms with Gasteiger partial charge in [0.2, 0.25) is 0 Å². The highest BCUT2D eigenvalue weighted by atomic mass is 16.5. The Morgan fingerprint density at radius 1 is 0.923 bits per heavy atom. The van der Waals surface area contributed by atoms with Crippen LogP contribution in [0, 0.1) is 0 Å². The van der Waals surface area contributed by atoms with Crippen LogP contribution in [0.2, 0.25) is 0 Å². The van der Waals surface area contributed by atoms with E-state index in [-0.39, 0.29) is 12.3 Å². The quantitative estimate of drug-likeness (QED) is 0.721. The number of amides is 1. The number of aromatic carboxylic acids is 1. The van der Waals surface area contributed by atoms with Crippen molar-refractivity contribution in [1.29, 1.82) is 0 Å². The number of rotatable bonds is 5. The number of carboxylic acids is 1. The first kappa shape index (κ1) is 17.2. The third-order valence-corrected chi connectivity index (χ3v) is 3.61. The van der Waals surface area contributed by atoms with Crippen LogP contribution in [-0.2, 0) is 11.3 Å². The van der Waals surface area contributed by atoms with Crippen molar-refractivity contribution in [3.8, 4) is 11.3 Å². The molecule has 3 aromatic rings. The van der Waals surface area contributed by atoms with Crippen LogP contribution in [0.1, 0.15) is 16.1 Å². The van der Waals surface area contributed by atoms with E-state index in [0.29, 0.717) is 11.4 Å². The molecule has 0 aliphatic heterocycles. The van der Waals surface area contributed by atoms with Crippen LogP contribution in [0.4, 0.5) is 10.5 Å². The van der Waals surface area contributed by atoms with Crippen LogP contribution in [0.3, 0.4) is 0 Å². The number of ether oxygens (including phenoxy) is 1. The summed E-state index contributed by atoms with van der Waals surface area (Å²) in [5.41, 5.74) is 2.75. The van der Waals surface area contributed by atoms with Crippen LogP contribution >= 0.6 is 0 Å². The van der Waals surface area contributed by atoms with Crippen LogP contribution in [0.5, 0.6) is 0 Å². The fourth-order valence-electron chi connectivity index (χ4n) is 2.32. The number of nitrogens with one attached hydrogen (secondary N) is 1. The Kier molecular flexibility index (Phi) is 5.24. The third kappa shape index (κ3) is 4.45. The topological polar surface area (TPSA) is 88.5 Å². The monoisotopic (exact) mass is 348 g/mol. The minimum Gasteiger partial charge on any atom is -0.477 e. The van der Waals surface area contributed by atoms with Gasteiger partial charge in [-0.15, -0.1) is 0 Å². The highest BCUT2D eigenvalue weighted by Crippen LogP contribution is 2.20. The lowest BCUT2D eigenvalue weighted by Crippen LogP contribution is -2.13. The van der Waals surface area contributed by atoms with Crippen LogP contribution in [0.15, 0.2) is 72.8 Å². The van der Waals surface area contributed by atoms with Gasteiger partial charge >= 0.3 is 12.1 Å². The molecule has 0 aliphatic carbocycles. The molecular weight excluding hydrogens is 332 g/mol. The van der Waals surface area contributed by atoms with Crippen molar-refractivity contribution >= 4 is 17.7 Å². The smallest absolute Gasteiger partial charge is 0.411 e. The maximum atomic E-state index is 11.8. The Labute approximate surface area is 150 Å². The summed E-state index contributed by atoms with van der Waals surface area (Å²) in [6.45, 7) is 0.191. The number of benzene rings is 2. The number of hydrogen-bond donors (Lipinski definition) is 2. The average Bonchev–Trinajstić information content (AvgIpc) is 2.68. The van der Waals surface area contributed by atoms with Crippen molar-refractivity contribution in [1.82, 2.24) is 4.98 Å². The molecule has 0 radical (unpaired) electrons. The SMILES string of the molecule is O=C(Nc1ccc(-c2cccc(C(=O)O)n2)cc1)OCc1ccccc1. The van der Waals surface area contributed by atoms with Gasteiger partial charge in [0.05, 0.1) is 5.69 Å². The number of nitrogens with zero attached hydrogens (tertiary/aromatic N) is 1. The van der Waals surface area contributed by atoms with E-state index in [1.165, 1.54) is 6.07 Å². The maximum absolute atomic E-state index is 11.8. The van der Waals surface area contributed by atoms with Gasteiger partial charge in [0.15, 0.2) is 0 Å². The van der Waals surface area contributed by atoms with E-state index >= 15 is 0 Å². The molecule has 0 spiro atoms. The second kappa shape index (κ2) is 7.94. The first-order chi connectivity index (χ1) is 12.6. The molecule has 1 amide bonds. The minimum atomic E-state index is -1.08. The van der Waals surface area contributed by atoms with Crippen molar-refractivity contribution in [2.45, 2.75) is 6.61 Å². The fraction of sp³-hybridized carbons (Fsp3) is 0.0500. The number of carboxylic acid groups (broad SMARTS) is 1. The average molecular weight is 348 g/mol. The number of pyridine rings is 1. The molecule has 130 valence electrons. The normalized spacial score (nSPS) is 10.2. The van der Waals surface area contributed by atoms with Gasteiger partial charge in [-0.3, -0.25) is 5.32 Å². The van der Waals surface area contributed by atoms with Crippen LogP contribution in [-0.4, -0.2) is 22.2 Å². The second-order valence-electron chi connectivity index (χ2n) is 5.48. The summed E-state index contributed by atoms with van der Waals surface area (Å²) in [5.74, 6) is -1.08. The van der Waals surface area contributed by atoms with Gasteiger partial charge in [-0.05, 0) is 29.8 Å². The zero-order valence-corrected chi connectivity index (χ0v) is 13.8. The van der Waals surface area contributed by atoms with Crippen LogP contribution in [0.25, 0.3) is 11.3 Å². The number of carbonyl (C=O) groups excluding carboxylic acids is 1. The molecule has 0 saturated heterocycles. The van der Waals surface area contributed by atoms with E-state index in [0.717, 1.165) is 11.1 Å². The summed E-state index contributed by atoms with van der Waals surface area (Å²) in [6.07, 6.45) is -0.549. The molecule has 1 heterocycles. The van der Waals surface area contributed by atoms with E-state index in [2.05, 4.69) is 10.3 Å². The van der Waals surface area contributed by atoms with Gasteiger partial charge in [-0.25, -0.2) is 14.6 Å². The van der Waals surface area contributed by atoms with E-state index in [1.807, 2.05) is 30.3 Å². The largest absolute Gasteiger partial charge is 0.477 e. The first-order valence-electron chi connectivity index (χ1n) is 7.90. The maximum Gasteiger partial charge on any atom is 0.411 e. The fourth-order valence-corrected chi connectivity index (χ4v) is 2.32. The summed E-state index contributed by atoms with van der Waals surface area (Å²) < 4.78 is 5.16.